The number of alkyl halides is 2. The molecule has 0 amide bonds. The van der Waals surface area contributed by atoms with E-state index in [9.17, 15) is 4.79 Å². The summed E-state index contributed by atoms with van der Waals surface area (Å²) in [6.07, 6.45) is 0. The van der Waals surface area contributed by atoms with Gasteiger partial charge in [0, 0.05) is 5.56 Å². The zero-order valence-electron chi connectivity index (χ0n) is 12.5. The smallest absolute Gasteiger partial charge is 0.341 e. The summed E-state index contributed by atoms with van der Waals surface area (Å²) in [6, 6.07) is 5.59. The van der Waals surface area contributed by atoms with Gasteiger partial charge in [-0.1, -0.05) is 0 Å². The normalized spacial score (nSPS) is 10.7. The third-order valence-electron chi connectivity index (χ3n) is 3.10. The second-order valence-corrected chi connectivity index (χ2v) is 5.32. The number of halogens is 2. The summed E-state index contributed by atoms with van der Waals surface area (Å²) in [6.45, 7) is 4.79. The van der Waals surface area contributed by atoms with E-state index in [0.717, 1.165) is 25.2 Å². The summed E-state index contributed by atoms with van der Waals surface area (Å²) in [5.41, 5.74) is 1.48. The van der Waals surface area contributed by atoms with E-state index in [1.807, 2.05) is 25.1 Å². The second-order valence-electron chi connectivity index (χ2n) is 4.56. The molecule has 0 aromatic heterocycles. The van der Waals surface area contributed by atoms with Crippen LogP contribution in [0.2, 0.25) is 0 Å². The van der Waals surface area contributed by atoms with Crippen LogP contribution in [0.4, 0.5) is 0 Å². The van der Waals surface area contributed by atoms with Crippen molar-refractivity contribution in [2.45, 2.75) is 13.5 Å². The molecule has 1 aromatic carbocycles. The van der Waals surface area contributed by atoms with Crippen molar-refractivity contribution in [3.05, 3.63) is 29.3 Å². The van der Waals surface area contributed by atoms with Gasteiger partial charge in [-0.2, -0.15) is 0 Å². The van der Waals surface area contributed by atoms with Crippen LogP contribution in [0.25, 0.3) is 0 Å². The summed E-state index contributed by atoms with van der Waals surface area (Å²) in [4.78, 5) is 13.1. The minimum Gasteiger partial charge on any atom is -0.493 e. The van der Waals surface area contributed by atoms with Gasteiger partial charge in [0.15, 0.2) is 0 Å². The molecule has 0 aliphatic rings. The molecule has 0 saturated carbocycles. The number of nitrogens with one attached hydrogen (secondary N) is 1. The van der Waals surface area contributed by atoms with Crippen LogP contribution in [-0.4, -0.2) is 44.5 Å². The van der Waals surface area contributed by atoms with Gasteiger partial charge in [-0.25, -0.2) is 4.79 Å². The number of carbonyl (C=O) groups is 1. The van der Waals surface area contributed by atoms with Crippen LogP contribution in [0.15, 0.2) is 18.2 Å². The Kier molecular flexibility index (Phi) is 8.50. The van der Waals surface area contributed by atoms with E-state index < -0.39 is 5.97 Å². The monoisotopic (exact) mass is 334 g/mol. The van der Waals surface area contributed by atoms with Crippen molar-refractivity contribution in [1.82, 2.24) is 0 Å². The van der Waals surface area contributed by atoms with E-state index in [4.69, 9.17) is 32.7 Å². The Morgan fingerprint density at radius 3 is 2.43 bits per heavy atom. The third-order valence-corrected chi connectivity index (χ3v) is 3.48. The van der Waals surface area contributed by atoms with E-state index in [2.05, 4.69) is 0 Å². The fourth-order valence-electron chi connectivity index (χ4n) is 2.10. The van der Waals surface area contributed by atoms with Crippen LogP contribution < -0.4 is 9.64 Å². The van der Waals surface area contributed by atoms with Gasteiger partial charge in [0.05, 0.1) is 38.6 Å². The van der Waals surface area contributed by atoms with Crippen LogP contribution in [0.3, 0.4) is 0 Å². The highest BCUT2D eigenvalue weighted by molar-refractivity contribution is 6.18. The number of hydrogen-bond acceptors (Lipinski definition) is 3. The van der Waals surface area contributed by atoms with Gasteiger partial charge in [-0.15, -0.1) is 23.2 Å². The Labute approximate surface area is 135 Å². The Hall–Kier alpha value is -0.970. The van der Waals surface area contributed by atoms with E-state index in [1.54, 1.807) is 0 Å². The van der Waals surface area contributed by atoms with Gasteiger partial charge < -0.3 is 14.4 Å². The summed E-state index contributed by atoms with van der Waals surface area (Å²) >= 11 is 11.6. The number of benzene rings is 1. The maximum absolute atomic E-state index is 11.8. The molecule has 1 N–H and O–H groups in total. The lowest BCUT2D eigenvalue weighted by Crippen LogP contribution is -3.11. The minimum absolute atomic E-state index is 0.392. The number of hydrogen-bond donors (Lipinski definition) is 1. The quantitative estimate of drug-likeness (QED) is 0.552. The zero-order valence-corrected chi connectivity index (χ0v) is 14.0. The first-order chi connectivity index (χ1) is 10.2. The van der Waals surface area contributed by atoms with Gasteiger partial charge in [-0.3, -0.25) is 0 Å². The van der Waals surface area contributed by atoms with Gasteiger partial charge in [0.2, 0.25) is 0 Å². The lowest BCUT2D eigenvalue weighted by atomic mass is 10.1. The Morgan fingerprint density at radius 1 is 1.24 bits per heavy atom. The first-order valence-corrected chi connectivity index (χ1v) is 8.02. The highest BCUT2D eigenvalue weighted by atomic mass is 35.5. The molecule has 1 rings (SSSR count). The van der Waals surface area contributed by atoms with Crippen molar-refractivity contribution in [3.63, 3.8) is 0 Å². The number of rotatable bonds is 9. The molecule has 4 nitrogen and oxygen atoms in total. The van der Waals surface area contributed by atoms with Gasteiger partial charge in [-0.05, 0) is 25.1 Å². The molecular weight excluding hydrogens is 313 g/mol. The fourth-order valence-corrected chi connectivity index (χ4v) is 2.63. The molecule has 0 saturated heterocycles. The molecule has 21 heavy (non-hydrogen) atoms. The first-order valence-electron chi connectivity index (χ1n) is 6.95. The third kappa shape index (κ3) is 5.73. The average Bonchev–Trinajstić information content (AvgIpc) is 2.48. The highest BCUT2D eigenvalue weighted by Crippen LogP contribution is 2.21. The van der Waals surface area contributed by atoms with Gasteiger partial charge in [0.25, 0.3) is 0 Å². The molecule has 0 radical (unpaired) electrons. The lowest BCUT2D eigenvalue weighted by Gasteiger charge is -2.18. The van der Waals surface area contributed by atoms with Gasteiger partial charge in [0.1, 0.15) is 17.9 Å². The Bertz CT molecular complexity index is 449. The summed E-state index contributed by atoms with van der Waals surface area (Å²) < 4.78 is 10.3. The Morgan fingerprint density at radius 2 is 1.90 bits per heavy atom. The van der Waals surface area contributed by atoms with Crippen LogP contribution >= 0.6 is 23.2 Å². The molecule has 0 aliphatic heterocycles. The average molecular weight is 335 g/mol. The standard InChI is InChI=1S/C15H21Cl2NO3/c1-3-21-14-5-4-12(10-13(14)15(19)20-2)11-18(8-6-16)9-7-17/h4-5,10H,3,6-9,11H2,1-2H3/p+1. The maximum atomic E-state index is 11.8. The summed E-state index contributed by atoms with van der Waals surface area (Å²) in [7, 11) is 1.36. The maximum Gasteiger partial charge on any atom is 0.341 e. The number of quaternary nitrogens is 1. The van der Waals surface area contributed by atoms with E-state index in [-0.39, 0.29) is 0 Å². The van der Waals surface area contributed by atoms with Crippen molar-refractivity contribution in [2.24, 2.45) is 0 Å². The molecule has 1 aromatic rings. The van der Waals surface area contributed by atoms with Crippen molar-refractivity contribution < 1.29 is 19.2 Å². The molecule has 0 aliphatic carbocycles. The van der Waals surface area contributed by atoms with Crippen molar-refractivity contribution in [1.29, 1.82) is 0 Å². The molecule has 0 atom stereocenters. The molecule has 0 unspecified atom stereocenters. The molecule has 6 heteroatoms. The first kappa shape index (κ1) is 18.1. The van der Waals surface area contributed by atoms with Crippen LogP contribution in [0, 0.1) is 0 Å². The predicted octanol–water partition coefficient (Wildman–Crippen LogP) is 1.73. The van der Waals surface area contributed by atoms with Crippen molar-refractivity contribution in [3.8, 4) is 5.75 Å². The summed E-state index contributed by atoms with van der Waals surface area (Å²) in [5.74, 6) is 1.31. The van der Waals surface area contributed by atoms with E-state index in [1.165, 1.54) is 12.0 Å². The number of esters is 1. The largest absolute Gasteiger partial charge is 0.493 e. The number of ether oxygens (including phenoxy) is 2. The second kappa shape index (κ2) is 9.87. The fraction of sp³-hybridized carbons (Fsp3) is 0.533. The van der Waals surface area contributed by atoms with E-state index in [0.29, 0.717) is 29.7 Å². The SMILES string of the molecule is CCOc1ccc(C[NH+](CCCl)CCCl)cc1C(=O)OC. The molecule has 0 spiro atoms. The molecule has 118 valence electrons. The van der Waals surface area contributed by atoms with Gasteiger partial charge >= 0.3 is 5.97 Å². The van der Waals surface area contributed by atoms with Crippen molar-refractivity contribution in [2.75, 3.05) is 38.6 Å². The predicted molar refractivity (Wildman–Crippen MR) is 84.8 cm³/mol. The number of methoxy groups -OCH3 is 1. The van der Waals surface area contributed by atoms with Crippen LogP contribution in [-0.2, 0) is 11.3 Å². The molecular formula is C15H22Cl2NO3+. The Balaban J connectivity index is 2.95. The highest BCUT2D eigenvalue weighted by Gasteiger charge is 2.16. The van der Waals surface area contributed by atoms with Crippen LogP contribution in [0.1, 0.15) is 22.8 Å². The molecule has 0 fully saturated rings. The topological polar surface area (TPSA) is 40.0 Å². The van der Waals surface area contributed by atoms with Crippen LogP contribution in [0.5, 0.6) is 5.75 Å². The van der Waals surface area contributed by atoms with E-state index >= 15 is 0 Å². The number of carbonyl (C=O) groups excluding carboxylic acids is 1. The molecule has 0 bridgehead atoms. The summed E-state index contributed by atoms with van der Waals surface area (Å²) in [5, 5.41) is 0. The lowest BCUT2D eigenvalue weighted by molar-refractivity contribution is -0.909. The molecule has 0 heterocycles. The minimum atomic E-state index is -0.392. The van der Waals surface area contributed by atoms with Crippen molar-refractivity contribution >= 4 is 29.2 Å². The zero-order chi connectivity index (χ0) is 15.7.